The third-order valence-corrected chi connectivity index (χ3v) is 4.01. The van der Waals surface area contributed by atoms with Crippen LogP contribution in [0.15, 0.2) is 18.2 Å². The summed E-state index contributed by atoms with van der Waals surface area (Å²) in [5.41, 5.74) is 2.99. The molecule has 1 aliphatic heterocycles. The highest BCUT2D eigenvalue weighted by Crippen LogP contribution is 2.29. The average Bonchev–Trinajstić information content (AvgIpc) is 2.74. The number of ether oxygens (including phenoxy) is 1. The molecule has 0 aromatic heterocycles. The molecule has 100 valence electrons. The van der Waals surface area contributed by atoms with Gasteiger partial charge in [0.25, 0.3) is 0 Å². The Balaban J connectivity index is 2.07. The number of nitrogens with one attached hydrogen (secondary N) is 1. The summed E-state index contributed by atoms with van der Waals surface area (Å²) in [7, 11) is 0. The maximum absolute atomic E-state index is 5.55. The zero-order chi connectivity index (χ0) is 13.3. The molecule has 1 aromatic rings. The van der Waals surface area contributed by atoms with Crippen molar-refractivity contribution in [2.45, 2.75) is 53.1 Å². The highest BCUT2D eigenvalue weighted by molar-refractivity contribution is 5.40. The molecule has 1 aliphatic rings. The fourth-order valence-corrected chi connectivity index (χ4v) is 2.20. The lowest BCUT2D eigenvalue weighted by Crippen LogP contribution is -2.39. The second kappa shape index (κ2) is 4.93. The van der Waals surface area contributed by atoms with Crippen molar-refractivity contribution in [2.24, 2.45) is 5.41 Å². The van der Waals surface area contributed by atoms with Gasteiger partial charge in [0.1, 0.15) is 5.75 Å². The van der Waals surface area contributed by atoms with Crippen molar-refractivity contribution in [3.8, 4) is 5.75 Å². The third-order valence-electron chi connectivity index (χ3n) is 4.01. The standard InChI is InChI=1S/C16H25NO/c1-11(17-12(2)16(3,4)5)13-6-7-15-14(10-13)8-9-18-15/h6-7,10-12,17H,8-9H2,1-5H3. The quantitative estimate of drug-likeness (QED) is 0.879. The van der Waals surface area contributed by atoms with Gasteiger partial charge in [0, 0.05) is 18.5 Å². The molecule has 1 N–H and O–H groups in total. The van der Waals surface area contributed by atoms with Crippen LogP contribution in [-0.2, 0) is 6.42 Å². The Bertz CT molecular complexity index is 420. The Kier molecular flexibility index (Phi) is 3.67. The van der Waals surface area contributed by atoms with Gasteiger partial charge in [0.05, 0.1) is 6.61 Å². The van der Waals surface area contributed by atoms with Gasteiger partial charge in [-0.15, -0.1) is 0 Å². The Labute approximate surface area is 111 Å². The smallest absolute Gasteiger partial charge is 0.122 e. The lowest BCUT2D eigenvalue weighted by Gasteiger charge is -2.31. The van der Waals surface area contributed by atoms with Gasteiger partial charge in [-0.3, -0.25) is 0 Å². The van der Waals surface area contributed by atoms with E-state index in [1.54, 1.807) is 0 Å². The van der Waals surface area contributed by atoms with E-state index in [1.165, 1.54) is 11.1 Å². The molecule has 0 amide bonds. The van der Waals surface area contributed by atoms with Gasteiger partial charge >= 0.3 is 0 Å². The van der Waals surface area contributed by atoms with Gasteiger partial charge in [-0.25, -0.2) is 0 Å². The Morgan fingerprint density at radius 3 is 2.61 bits per heavy atom. The van der Waals surface area contributed by atoms with E-state index in [9.17, 15) is 0 Å². The molecule has 2 heteroatoms. The molecule has 0 bridgehead atoms. The molecule has 0 saturated carbocycles. The third kappa shape index (κ3) is 2.86. The van der Waals surface area contributed by atoms with Crippen LogP contribution in [-0.4, -0.2) is 12.6 Å². The largest absolute Gasteiger partial charge is 0.493 e. The van der Waals surface area contributed by atoms with Crippen LogP contribution >= 0.6 is 0 Å². The summed E-state index contributed by atoms with van der Waals surface area (Å²) in [5, 5.41) is 3.69. The van der Waals surface area contributed by atoms with Crippen molar-refractivity contribution >= 4 is 0 Å². The number of rotatable bonds is 3. The van der Waals surface area contributed by atoms with Crippen LogP contribution in [0.2, 0.25) is 0 Å². The molecule has 2 atom stereocenters. The highest BCUT2D eigenvalue weighted by atomic mass is 16.5. The van der Waals surface area contributed by atoms with Crippen molar-refractivity contribution in [3.63, 3.8) is 0 Å². The van der Waals surface area contributed by atoms with Gasteiger partial charge in [0.15, 0.2) is 0 Å². The molecule has 0 radical (unpaired) electrons. The predicted molar refractivity (Wildman–Crippen MR) is 76.1 cm³/mol. The summed E-state index contributed by atoms with van der Waals surface area (Å²) in [6.07, 6.45) is 1.05. The van der Waals surface area contributed by atoms with Gasteiger partial charge in [-0.1, -0.05) is 32.9 Å². The summed E-state index contributed by atoms with van der Waals surface area (Å²) >= 11 is 0. The zero-order valence-electron chi connectivity index (χ0n) is 12.2. The van der Waals surface area contributed by atoms with Gasteiger partial charge in [-0.2, -0.15) is 0 Å². The van der Waals surface area contributed by atoms with Gasteiger partial charge in [-0.05, 0) is 36.5 Å². The first-order valence-corrected chi connectivity index (χ1v) is 6.89. The molecule has 18 heavy (non-hydrogen) atoms. The molecule has 0 spiro atoms. The maximum Gasteiger partial charge on any atom is 0.122 e. The fraction of sp³-hybridized carbons (Fsp3) is 0.625. The summed E-state index contributed by atoms with van der Waals surface area (Å²) < 4.78 is 5.55. The van der Waals surface area contributed by atoms with E-state index in [0.717, 1.165) is 18.8 Å². The van der Waals surface area contributed by atoms with Crippen LogP contribution in [0.5, 0.6) is 5.75 Å². The molecule has 2 rings (SSSR count). The van der Waals surface area contributed by atoms with Gasteiger partial charge in [0.2, 0.25) is 0 Å². The van der Waals surface area contributed by atoms with E-state index in [2.05, 4.69) is 58.1 Å². The normalized spacial score (nSPS) is 18.1. The number of fused-ring (bicyclic) bond motifs is 1. The highest BCUT2D eigenvalue weighted by Gasteiger charge is 2.22. The van der Waals surface area contributed by atoms with Crippen LogP contribution in [0.3, 0.4) is 0 Å². The summed E-state index contributed by atoms with van der Waals surface area (Å²) in [6.45, 7) is 12.1. The fourth-order valence-electron chi connectivity index (χ4n) is 2.20. The molecule has 2 nitrogen and oxygen atoms in total. The molecule has 1 aromatic carbocycles. The number of hydrogen-bond acceptors (Lipinski definition) is 2. The van der Waals surface area contributed by atoms with Crippen molar-refractivity contribution in [1.82, 2.24) is 5.32 Å². The molecule has 0 aliphatic carbocycles. The van der Waals surface area contributed by atoms with Crippen molar-refractivity contribution in [3.05, 3.63) is 29.3 Å². The Hall–Kier alpha value is -1.02. The van der Waals surface area contributed by atoms with E-state index in [0.29, 0.717) is 12.1 Å². The number of benzene rings is 1. The molecule has 2 unspecified atom stereocenters. The van der Waals surface area contributed by atoms with Crippen LogP contribution in [0.1, 0.15) is 51.8 Å². The Morgan fingerprint density at radius 1 is 1.22 bits per heavy atom. The summed E-state index contributed by atoms with van der Waals surface area (Å²) in [4.78, 5) is 0. The predicted octanol–water partition coefficient (Wildman–Crippen LogP) is 3.71. The first-order valence-electron chi connectivity index (χ1n) is 6.89. The zero-order valence-corrected chi connectivity index (χ0v) is 12.2. The second-order valence-electron chi connectivity index (χ2n) is 6.44. The topological polar surface area (TPSA) is 21.3 Å². The molecule has 0 saturated heterocycles. The molecular weight excluding hydrogens is 222 g/mol. The molecule has 0 fully saturated rings. The second-order valence-corrected chi connectivity index (χ2v) is 6.44. The molecular formula is C16H25NO. The minimum Gasteiger partial charge on any atom is -0.493 e. The first-order chi connectivity index (χ1) is 8.38. The Morgan fingerprint density at radius 2 is 1.94 bits per heavy atom. The van der Waals surface area contributed by atoms with Crippen molar-refractivity contribution < 1.29 is 4.74 Å². The minimum atomic E-state index is 0.286. The SMILES string of the molecule is CC(NC(C)C(C)(C)C)c1ccc2c(c1)CCO2. The van der Waals surface area contributed by atoms with E-state index >= 15 is 0 Å². The van der Waals surface area contributed by atoms with Gasteiger partial charge < -0.3 is 10.1 Å². The number of hydrogen-bond donors (Lipinski definition) is 1. The van der Waals surface area contributed by atoms with E-state index in [-0.39, 0.29) is 5.41 Å². The lowest BCUT2D eigenvalue weighted by atomic mass is 9.87. The summed E-state index contributed by atoms with van der Waals surface area (Å²) in [5.74, 6) is 1.06. The van der Waals surface area contributed by atoms with E-state index in [1.807, 2.05) is 0 Å². The monoisotopic (exact) mass is 247 g/mol. The average molecular weight is 247 g/mol. The van der Waals surface area contributed by atoms with E-state index < -0.39 is 0 Å². The van der Waals surface area contributed by atoms with Crippen molar-refractivity contribution in [1.29, 1.82) is 0 Å². The van der Waals surface area contributed by atoms with Crippen molar-refractivity contribution in [2.75, 3.05) is 6.61 Å². The van der Waals surface area contributed by atoms with Crippen LogP contribution < -0.4 is 10.1 Å². The van der Waals surface area contributed by atoms with E-state index in [4.69, 9.17) is 4.74 Å². The summed E-state index contributed by atoms with van der Waals surface area (Å²) in [6, 6.07) is 7.44. The lowest BCUT2D eigenvalue weighted by molar-refractivity contribution is 0.268. The van der Waals surface area contributed by atoms with Crippen LogP contribution in [0.4, 0.5) is 0 Å². The maximum atomic E-state index is 5.55. The minimum absolute atomic E-state index is 0.286. The first kappa shape index (κ1) is 13.4. The molecule has 1 heterocycles. The van der Waals surface area contributed by atoms with Crippen LogP contribution in [0.25, 0.3) is 0 Å². The van der Waals surface area contributed by atoms with Crippen LogP contribution in [0, 0.1) is 5.41 Å².